The molecule has 1 heterocycles. The Labute approximate surface area is 117 Å². The second kappa shape index (κ2) is 4.29. The fraction of sp³-hybridized carbons (Fsp3) is 0. The van der Waals surface area contributed by atoms with E-state index >= 15 is 0 Å². The molecule has 20 heavy (non-hydrogen) atoms. The Kier molecular flexibility index (Phi) is 2.81. The van der Waals surface area contributed by atoms with Crippen molar-refractivity contribution in [3.05, 3.63) is 59.3 Å². The van der Waals surface area contributed by atoms with Gasteiger partial charge in [0.05, 0.1) is 9.79 Å². The van der Waals surface area contributed by atoms with Crippen LogP contribution in [0.5, 0.6) is 0 Å². The molecule has 0 fully saturated rings. The van der Waals surface area contributed by atoms with E-state index in [1.54, 1.807) is 36.4 Å². The molecule has 102 valence electrons. The van der Waals surface area contributed by atoms with Gasteiger partial charge in [-0.25, -0.2) is 16.8 Å². The molecule has 2 aromatic carbocycles. The first kappa shape index (κ1) is 13.1. The molecule has 1 aliphatic rings. The van der Waals surface area contributed by atoms with Gasteiger partial charge in [0.15, 0.2) is 0 Å². The fourth-order valence-corrected chi connectivity index (χ4v) is 5.14. The van der Waals surface area contributed by atoms with E-state index in [-0.39, 0.29) is 9.79 Å². The van der Waals surface area contributed by atoms with Gasteiger partial charge in [0.25, 0.3) is 0 Å². The van der Waals surface area contributed by atoms with Gasteiger partial charge in [-0.05, 0) is 12.1 Å². The number of hydrogen-bond acceptors (Lipinski definition) is 4. The van der Waals surface area contributed by atoms with Crippen LogP contribution in [0.2, 0.25) is 0 Å². The van der Waals surface area contributed by atoms with Gasteiger partial charge < -0.3 is 0 Å². The molecule has 0 aromatic heterocycles. The standard InChI is InChI=1S/C14H10O4S2/c15-19(16)9-10-20(17,18)14-8-4-2-6-12(14)11-5-1-3-7-13(11)19/h1-10H/b10-9-. The lowest BCUT2D eigenvalue weighted by Crippen LogP contribution is -2.07. The van der Waals surface area contributed by atoms with E-state index in [9.17, 15) is 16.8 Å². The van der Waals surface area contributed by atoms with Crippen LogP contribution in [0.3, 0.4) is 0 Å². The minimum Gasteiger partial charge on any atom is -0.219 e. The predicted molar refractivity (Wildman–Crippen MR) is 75.4 cm³/mol. The largest absolute Gasteiger partial charge is 0.219 e. The summed E-state index contributed by atoms with van der Waals surface area (Å²) in [4.78, 5) is 0.220. The van der Waals surface area contributed by atoms with E-state index < -0.39 is 19.7 Å². The SMILES string of the molecule is O=S1(=O)/C=C\S(=O)(=O)c2ccccc2-c2ccccc21. The molecule has 4 nitrogen and oxygen atoms in total. The first-order valence-corrected chi connectivity index (χ1v) is 8.88. The zero-order valence-electron chi connectivity index (χ0n) is 10.2. The highest BCUT2D eigenvalue weighted by molar-refractivity contribution is 7.98. The van der Waals surface area contributed by atoms with Crippen molar-refractivity contribution in [3.63, 3.8) is 0 Å². The maximum atomic E-state index is 12.2. The topological polar surface area (TPSA) is 68.3 Å². The third-order valence-electron chi connectivity index (χ3n) is 3.09. The molecule has 0 bridgehead atoms. The minimum absolute atomic E-state index is 0.110. The molecule has 0 amide bonds. The molecular weight excluding hydrogens is 296 g/mol. The van der Waals surface area contributed by atoms with Crippen molar-refractivity contribution in [1.82, 2.24) is 0 Å². The Morgan fingerprint density at radius 2 is 0.900 bits per heavy atom. The van der Waals surface area contributed by atoms with Crippen molar-refractivity contribution in [1.29, 1.82) is 0 Å². The van der Waals surface area contributed by atoms with E-state index in [2.05, 4.69) is 0 Å². The molecule has 6 heteroatoms. The van der Waals surface area contributed by atoms with E-state index in [0.717, 1.165) is 10.8 Å². The fourth-order valence-electron chi connectivity index (χ4n) is 2.17. The number of fused-ring (bicyclic) bond motifs is 3. The van der Waals surface area contributed by atoms with Gasteiger partial charge in [0, 0.05) is 21.9 Å². The molecule has 0 saturated carbocycles. The molecule has 0 N–H and O–H groups in total. The van der Waals surface area contributed by atoms with Crippen LogP contribution in [-0.4, -0.2) is 16.8 Å². The van der Waals surface area contributed by atoms with Crippen molar-refractivity contribution < 1.29 is 16.8 Å². The Hall–Kier alpha value is -1.92. The number of benzene rings is 2. The van der Waals surface area contributed by atoms with Crippen molar-refractivity contribution >= 4 is 19.7 Å². The molecule has 0 aliphatic carbocycles. The first-order chi connectivity index (χ1) is 9.42. The number of hydrogen-bond donors (Lipinski definition) is 0. The molecule has 2 aromatic rings. The first-order valence-electron chi connectivity index (χ1n) is 5.78. The lowest BCUT2D eigenvalue weighted by molar-refractivity contribution is 0.599. The Balaban J connectivity index is 2.54. The van der Waals surface area contributed by atoms with Gasteiger partial charge in [-0.3, -0.25) is 0 Å². The van der Waals surface area contributed by atoms with Crippen LogP contribution in [-0.2, 0) is 19.7 Å². The second-order valence-corrected chi connectivity index (χ2v) is 7.96. The van der Waals surface area contributed by atoms with E-state index in [1.807, 2.05) is 0 Å². The Morgan fingerprint density at radius 1 is 0.550 bits per heavy atom. The van der Waals surface area contributed by atoms with Crippen molar-refractivity contribution in [3.8, 4) is 11.1 Å². The highest BCUT2D eigenvalue weighted by atomic mass is 32.2. The van der Waals surface area contributed by atoms with Crippen LogP contribution < -0.4 is 0 Å². The highest BCUT2D eigenvalue weighted by Crippen LogP contribution is 2.35. The second-order valence-electron chi connectivity index (χ2n) is 4.35. The molecule has 0 spiro atoms. The lowest BCUT2D eigenvalue weighted by Gasteiger charge is -2.14. The maximum absolute atomic E-state index is 12.2. The number of rotatable bonds is 0. The van der Waals surface area contributed by atoms with Crippen LogP contribution in [0.15, 0.2) is 69.1 Å². The van der Waals surface area contributed by atoms with Crippen LogP contribution >= 0.6 is 0 Å². The number of sulfone groups is 2. The summed E-state index contributed by atoms with van der Waals surface area (Å²) in [7, 11) is -7.55. The van der Waals surface area contributed by atoms with E-state index in [0.29, 0.717) is 11.1 Å². The molecule has 1 aliphatic heterocycles. The molecule has 0 unspecified atom stereocenters. The van der Waals surface area contributed by atoms with Crippen LogP contribution in [0.4, 0.5) is 0 Å². The summed E-state index contributed by atoms with van der Waals surface area (Å²) in [6.07, 6.45) is 0. The van der Waals surface area contributed by atoms with Gasteiger partial charge in [0.1, 0.15) is 0 Å². The van der Waals surface area contributed by atoms with Crippen molar-refractivity contribution in [2.75, 3.05) is 0 Å². The van der Waals surface area contributed by atoms with Gasteiger partial charge in [0.2, 0.25) is 19.7 Å². The third kappa shape index (κ3) is 1.97. The van der Waals surface area contributed by atoms with E-state index in [1.165, 1.54) is 12.1 Å². The maximum Gasteiger partial charge on any atom is 0.201 e. The predicted octanol–water partition coefficient (Wildman–Crippen LogP) is 2.39. The van der Waals surface area contributed by atoms with Crippen molar-refractivity contribution in [2.45, 2.75) is 9.79 Å². The van der Waals surface area contributed by atoms with Crippen LogP contribution in [0.25, 0.3) is 11.1 Å². The monoisotopic (exact) mass is 306 g/mol. The molecule has 0 radical (unpaired) electrons. The highest BCUT2D eigenvalue weighted by Gasteiger charge is 2.25. The molecular formula is C14H10O4S2. The van der Waals surface area contributed by atoms with Crippen LogP contribution in [0.1, 0.15) is 0 Å². The summed E-state index contributed by atoms with van der Waals surface area (Å²) in [6, 6.07) is 12.8. The Bertz CT molecular complexity index is 846. The van der Waals surface area contributed by atoms with Gasteiger partial charge in [-0.1, -0.05) is 36.4 Å². The van der Waals surface area contributed by atoms with E-state index in [4.69, 9.17) is 0 Å². The summed E-state index contributed by atoms with van der Waals surface area (Å²) < 4.78 is 48.8. The summed E-state index contributed by atoms with van der Waals surface area (Å²) in [6.45, 7) is 0. The average Bonchev–Trinajstić information content (AvgIpc) is 2.45. The Morgan fingerprint density at radius 3 is 1.30 bits per heavy atom. The summed E-state index contributed by atoms with van der Waals surface area (Å²) in [5, 5.41) is 1.49. The van der Waals surface area contributed by atoms with Crippen molar-refractivity contribution in [2.24, 2.45) is 0 Å². The quantitative estimate of drug-likeness (QED) is 0.749. The lowest BCUT2D eigenvalue weighted by atomic mass is 10.1. The van der Waals surface area contributed by atoms with Gasteiger partial charge in [-0.2, -0.15) is 0 Å². The average molecular weight is 306 g/mol. The summed E-state index contributed by atoms with van der Waals surface area (Å²) >= 11 is 0. The summed E-state index contributed by atoms with van der Waals surface area (Å²) in [5.41, 5.74) is 0.798. The summed E-state index contributed by atoms with van der Waals surface area (Å²) in [5.74, 6) is 0. The van der Waals surface area contributed by atoms with Crippen LogP contribution in [0, 0.1) is 0 Å². The van der Waals surface area contributed by atoms with Gasteiger partial charge in [-0.15, -0.1) is 0 Å². The zero-order valence-corrected chi connectivity index (χ0v) is 11.9. The minimum atomic E-state index is -3.78. The zero-order chi connectivity index (χ0) is 14.4. The smallest absolute Gasteiger partial charge is 0.201 e. The van der Waals surface area contributed by atoms with Gasteiger partial charge >= 0.3 is 0 Å². The molecule has 3 rings (SSSR count). The molecule has 0 atom stereocenters. The molecule has 0 saturated heterocycles. The third-order valence-corrected chi connectivity index (χ3v) is 6.19. The normalized spacial score (nSPS) is 20.0.